The van der Waals surface area contributed by atoms with Crippen LogP contribution in [0.25, 0.3) is 0 Å². The second kappa shape index (κ2) is 7.88. The van der Waals surface area contributed by atoms with E-state index in [0.29, 0.717) is 0 Å². The van der Waals surface area contributed by atoms with Crippen LogP contribution < -0.4 is 15.4 Å². The number of urea groups is 1. The summed E-state index contributed by atoms with van der Waals surface area (Å²) in [5.74, 6) is 0.726. The van der Waals surface area contributed by atoms with Crippen molar-refractivity contribution in [3.8, 4) is 5.75 Å². The summed E-state index contributed by atoms with van der Waals surface area (Å²) in [6, 6.07) is 7.72. The summed E-state index contributed by atoms with van der Waals surface area (Å²) in [4.78, 5) is 11.6. The van der Waals surface area contributed by atoms with Gasteiger partial charge in [-0.3, -0.25) is 0 Å². The third-order valence-electron chi connectivity index (χ3n) is 3.62. The highest BCUT2D eigenvalue weighted by Gasteiger charge is 2.17. The zero-order valence-electron chi connectivity index (χ0n) is 12.5. The fraction of sp³-hybridized carbons (Fsp3) is 0.562. The number of carbonyl (C=O) groups is 1. The number of amides is 2. The van der Waals surface area contributed by atoms with E-state index in [-0.39, 0.29) is 25.2 Å². The smallest absolute Gasteiger partial charge is 0.315 e. The van der Waals surface area contributed by atoms with Crippen LogP contribution in [0.4, 0.5) is 4.79 Å². The summed E-state index contributed by atoms with van der Waals surface area (Å²) < 4.78 is 5.49. The molecule has 1 aliphatic carbocycles. The van der Waals surface area contributed by atoms with Gasteiger partial charge in [0.15, 0.2) is 0 Å². The van der Waals surface area contributed by atoms with E-state index in [1.807, 2.05) is 31.2 Å². The predicted molar refractivity (Wildman–Crippen MR) is 81.5 cm³/mol. The summed E-state index contributed by atoms with van der Waals surface area (Å²) in [7, 11) is 0. The molecule has 5 nitrogen and oxygen atoms in total. The summed E-state index contributed by atoms with van der Waals surface area (Å²) in [6.07, 6.45) is 3.73. The molecule has 2 amide bonds. The van der Waals surface area contributed by atoms with Gasteiger partial charge in [0.25, 0.3) is 0 Å². The van der Waals surface area contributed by atoms with Gasteiger partial charge in [-0.1, -0.05) is 25.0 Å². The Morgan fingerprint density at radius 2 is 2.19 bits per heavy atom. The summed E-state index contributed by atoms with van der Waals surface area (Å²) in [6.45, 7) is 2.33. The molecule has 0 radical (unpaired) electrons. The van der Waals surface area contributed by atoms with Crippen molar-refractivity contribution < 1.29 is 14.6 Å². The Morgan fingerprint density at radius 3 is 2.90 bits per heavy atom. The van der Waals surface area contributed by atoms with Crippen molar-refractivity contribution >= 4 is 6.03 Å². The second-order valence-electron chi connectivity index (χ2n) is 5.62. The van der Waals surface area contributed by atoms with Gasteiger partial charge in [-0.25, -0.2) is 4.79 Å². The van der Waals surface area contributed by atoms with Crippen molar-refractivity contribution in [2.45, 2.75) is 44.8 Å². The molecule has 5 heteroatoms. The molecule has 3 N–H and O–H groups in total. The van der Waals surface area contributed by atoms with E-state index in [0.717, 1.165) is 24.2 Å². The number of aryl methyl sites for hydroxylation is 1. The molecule has 116 valence electrons. The second-order valence-corrected chi connectivity index (χ2v) is 5.62. The molecule has 1 aromatic rings. The molecule has 1 atom stereocenters. The highest BCUT2D eigenvalue weighted by Crippen LogP contribution is 2.17. The zero-order valence-corrected chi connectivity index (χ0v) is 12.5. The van der Waals surface area contributed by atoms with E-state index in [9.17, 15) is 9.90 Å². The lowest BCUT2D eigenvalue weighted by atomic mass is 10.2. The SMILES string of the molecule is Cc1cccc(OCC(O)CNC(=O)NC2CCCC2)c1. The Hall–Kier alpha value is -1.75. The quantitative estimate of drug-likeness (QED) is 0.751. The zero-order chi connectivity index (χ0) is 15.1. The molecule has 2 rings (SSSR count). The lowest BCUT2D eigenvalue weighted by Crippen LogP contribution is -2.44. The van der Waals surface area contributed by atoms with Gasteiger partial charge in [0.2, 0.25) is 0 Å². The molecule has 0 spiro atoms. The summed E-state index contributed by atoms with van der Waals surface area (Å²) in [5.41, 5.74) is 1.11. The van der Waals surface area contributed by atoms with E-state index in [4.69, 9.17) is 4.74 Å². The van der Waals surface area contributed by atoms with Crippen LogP contribution in [0.3, 0.4) is 0 Å². The molecule has 0 saturated heterocycles. The van der Waals surface area contributed by atoms with Crippen molar-refractivity contribution in [1.29, 1.82) is 0 Å². The van der Waals surface area contributed by atoms with Gasteiger partial charge in [-0.15, -0.1) is 0 Å². The van der Waals surface area contributed by atoms with Crippen LogP contribution in [0.1, 0.15) is 31.2 Å². The molecule has 1 aromatic carbocycles. The van der Waals surface area contributed by atoms with Crippen LogP contribution in [-0.4, -0.2) is 36.4 Å². The number of hydrogen-bond donors (Lipinski definition) is 3. The minimum atomic E-state index is -0.722. The van der Waals surface area contributed by atoms with Crippen LogP contribution in [0, 0.1) is 6.92 Å². The maximum Gasteiger partial charge on any atom is 0.315 e. The Morgan fingerprint density at radius 1 is 1.43 bits per heavy atom. The molecular formula is C16H24N2O3. The van der Waals surface area contributed by atoms with E-state index in [2.05, 4.69) is 10.6 Å². The number of benzene rings is 1. The largest absolute Gasteiger partial charge is 0.491 e. The molecule has 0 heterocycles. The number of rotatable bonds is 6. The van der Waals surface area contributed by atoms with Gasteiger partial charge in [0.1, 0.15) is 18.5 Å². The first-order valence-corrected chi connectivity index (χ1v) is 7.55. The van der Waals surface area contributed by atoms with E-state index >= 15 is 0 Å². The van der Waals surface area contributed by atoms with Crippen LogP contribution >= 0.6 is 0 Å². The van der Waals surface area contributed by atoms with Crippen molar-refractivity contribution in [1.82, 2.24) is 10.6 Å². The van der Waals surface area contributed by atoms with Crippen LogP contribution in [-0.2, 0) is 0 Å². The Labute approximate surface area is 125 Å². The van der Waals surface area contributed by atoms with Gasteiger partial charge >= 0.3 is 6.03 Å². The van der Waals surface area contributed by atoms with Gasteiger partial charge < -0.3 is 20.5 Å². The first-order chi connectivity index (χ1) is 10.1. The first-order valence-electron chi connectivity index (χ1n) is 7.55. The minimum absolute atomic E-state index is 0.160. The third-order valence-corrected chi connectivity index (χ3v) is 3.62. The number of nitrogens with one attached hydrogen (secondary N) is 2. The van der Waals surface area contributed by atoms with Crippen LogP contribution in [0.5, 0.6) is 5.75 Å². The average molecular weight is 292 g/mol. The molecule has 21 heavy (non-hydrogen) atoms. The molecule has 1 fully saturated rings. The topological polar surface area (TPSA) is 70.6 Å². The van der Waals surface area contributed by atoms with Crippen molar-refractivity contribution in [3.05, 3.63) is 29.8 Å². The van der Waals surface area contributed by atoms with E-state index < -0.39 is 6.10 Å². The minimum Gasteiger partial charge on any atom is -0.491 e. The van der Waals surface area contributed by atoms with Crippen molar-refractivity contribution in [3.63, 3.8) is 0 Å². The first kappa shape index (κ1) is 15.6. The maximum atomic E-state index is 11.6. The van der Waals surface area contributed by atoms with Crippen LogP contribution in [0.2, 0.25) is 0 Å². The van der Waals surface area contributed by atoms with Gasteiger partial charge in [-0.05, 0) is 37.5 Å². The van der Waals surface area contributed by atoms with E-state index in [1.54, 1.807) is 0 Å². The predicted octanol–water partition coefficient (Wildman–Crippen LogP) is 1.98. The summed E-state index contributed by atoms with van der Waals surface area (Å²) >= 11 is 0. The fourth-order valence-electron chi connectivity index (χ4n) is 2.47. The number of aliphatic hydroxyl groups excluding tert-OH is 1. The fourth-order valence-corrected chi connectivity index (χ4v) is 2.47. The average Bonchev–Trinajstić information content (AvgIpc) is 2.96. The number of hydrogen-bond acceptors (Lipinski definition) is 3. The molecule has 0 bridgehead atoms. The number of carbonyl (C=O) groups excluding carboxylic acids is 1. The standard InChI is InChI=1S/C16H24N2O3/c1-12-5-4-8-15(9-12)21-11-14(19)10-17-16(20)18-13-6-2-3-7-13/h4-5,8-9,13-14,19H,2-3,6-7,10-11H2,1H3,(H2,17,18,20). The molecule has 1 unspecified atom stereocenters. The Kier molecular flexibility index (Phi) is 5.87. The molecule has 0 aliphatic heterocycles. The number of ether oxygens (including phenoxy) is 1. The molecule has 1 saturated carbocycles. The molecular weight excluding hydrogens is 268 g/mol. The van der Waals surface area contributed by atoms with Crippen LogP contribution in [0.15, 0.2) is 24.3 Å². The van der Waals surface area contributed by atoms with Gasteiger partial charge in [-0.2, -0.15) is 0 Å². The normalized spacial score (nSPS) is 16.5. The molecule has 0 aromatic heterocycles. The summed E-state index contributed by atoms with van der Waals surface area (Å²) in [5, 5.41) is 15.4. The van der Waals surface area contributed by atoms with Crippen molar-refractivity contribution in [2.75, 3.05) is 13.2 Å². The Bertz CT molecular complexity index is 459. The van der Waals surface area contributed by atoms with Gasteiger partial charge in [0, 0.05) is 12.6 Å². The molecule has 1 aliphatic rings. The van der Waals surface area contributed by atoms with E-state index in [1.165, 1.54) is 12.8 Å². The maximum absolute atomic E-state index is 11.6. The van der Waals surface area contributed by atoms with Gasteiger partial charge in [0.05, 0.1) is 0 Å². The highest BCUT2D eigenvalue weighted by molar-refractivity contribution is 5.74. The van der Waals surface area contributed by atoms with Crippen molar-refractivity contribution in [2.24, 2.45) is 0 Å². The lowest BCUT2D eigenvalue weighted by Gasteiger charge is -2.16. The number of aliphatic hydroxyl groups is 1. The Balaban J connectivity index is 1.62. The third kappa shape index (κ3) is 5.63. The highest BCUT2D eigenvalue weighted by atomic mass is 16.5. The monoisotopic (exact) mass is 292 g/mol. The lowest BCUT2D eigenvalue weighted by molar-refractivity contribution is 0.107.